The molecule has 1 fully saturated rings. The monoisotopic (exact) mass is 345 g/mol. The van der Waals surface area contributed by atoms with E-state index in [1.807, 2.05) is 0 Å². The van der Waals surface area contributed by atoms with Gasteiger partial charge in [-0.25, -0.2) is 4.39 Å². The number of nitrogens with zero attached hydrogens (tertiary/aromatic N) is 1. The van der Waals surface area contributed by atoms with Gasteiger partial charge in [-0.2, -0.15) is 0 Å². The van der Waals surface area contributed by atoms with Crippen LogP contribution in [0.25, 0.3) is 5.76 Å². The Morgan fingerprint density at radius 2 is 1.92 bits per heavy atom. The number of carbonyl (C=O) groups excluding carboxylic acids is 2. The summed E-state index contributed by atoms with van der Waals surface area (Å²) in [5, 5.41) is 19.6. The number of carbonyl (C=O) groups is 2. The molecule has 1 aromatic carbocycles. The molecule has 0 saturated carbocycles. The van der Waals surface area contributed by atoms with Crippen molar-refractivity contribution in [3.63, 3.8) is 0 Å². The molecule has 1 aliphatic rings. The number of benzene rings is 1. The van der Waals surface area contributed by atoms with E-state index in [9.17, 15) is 19.1 Å². The maximum atomic E-state index is 13.1. The molecule has 0 spiro atoms. The Kier molecular flexibility index (Phi) is 4.67. The number of amides is 1. The molecule has 1 saturated heterocycles. The van der Waals surface area contributed by atoms with Gasteiger partial charge >= 0.3 is 0 Å². The summed E-state index contributed by atoms with van der Waals surface area (Å²) in [5.41, 5.74) is 0.0996. The minimum absolute atomic E-state index is 0.121. The predicted molar refractivity (Wildman–Crippen MR) is 85.8 cm³/mol. The Morgan fingerprint density at radius 3 is 2.52 bits per heavy atom. The highest BCUT2D eigenvalue weighted by Crippen LogP contribution is 2.39. The first-order chi connectivity index (χ1) is 12.0. The van der Waals surface area contributed by atoms with Gasteiger partial charge in [0.2, 0.25) is 0 Å². The van der Waals surface area contributed by atoms with Crippen molar-refractivity contribution in [1.29, 1.82) is 0 Å². The largest absolute Gasteiger partial charge is 0.507 e. The zero-order chi connectivity index (χ0) is 18.0. The van der Waals surface area contributed by atoms with E-state index in [1.165, 1.54) is 23.3 Å². The Bertz CT molecular complexity index is 811. The summed E-state index contributed by atoms with van der Waals surface area (Å²) in [6.07, 6.45) is 1.68. The van der Waals surface area contributed by atoms with E-state index < -0.39 is 29.3 Å². The van der Waals surface area contributed by atoms with Crippen LogP contribution in [0.15, 0.2) is 52.7 Å². The summed E-state index contributed by atoms with van der Waals surface area (Å²) in [6.45, 7) is -0.0154. The fourth-order valence-corrected chi connectivity index (χ4v) is 2.86. The lowest BCUT2D eigenvalue weighted by molar-refractivity contribution is -0.140. The van der Waals surface area contributed by atoms with Gasteiger partial charge in [0.05, 0.1) is 11.8 Å². The third kappa shape index (κ3) is 3.06. The molecule has 0 bridgehead atoms. The van der Waals surface area contributed by atoms with E-state index in [0.717, 1.165) is 12.1 Å². The molecule has 25 heavy (non-hydrogen) atoms. The summed E-state index contributed by atoms with van der Waals surface area (Å²) in [6, 6.07) is 7.26. The number of aliphatic hydroxyl groups is 2. The van der Waals surface area contributed by atoms with Gasteiger partial charge in [-0.05, 0) is 42.8 Å². The summed E-state index contributed by atoms with van der Waals surface area (Å²) >= 11 is 0. The zero-order valence-electron chi connectivity index (χ0n) is 13.2. The Hall–Kier alpha value is -2.93. The van der Waals surface area contributed by atoms with Gasteiger partial charge in [-0.1, -0.05) is 0 Å². The quantitative estimate of drug-likeness (QED) is 0.493. The second-order valence-corrected chi connectivity index (χ2v) is 5.59. The second-order valence-electron chi connectivity index (χ2n) is 5.59. The van der Waals surface area contributed by atoms with E-state index in [1.54, 1.807) is 12.1 Å². The number of ketones is 1. The minimum atomic E-state index is -0.897. The molecule has 0 aliphatic carbocycles. The van der Waals surface area contributed by atoms with E-state index >= 15 is 0 Å². The van der Waals surface area contributed by atoms with Crippen LogP contribution in [0.2, 0.25) is 0 Å². The number of Topliss-reactive ketones (excluding diaryl/α,β-unsaturated/α-hetero) is 1. The van der Waals surface area contributed by atoms with Crippen LogP contribution in [0.4, 0.5) is 4.39 Å². The molecule has 130 valence electrons. The smallest absolute Gasteiger partial charge is 0.295 e. The molecule has 6 nitrogen and oxygen atoms in total. The number of hydrogen-bond acceptors (Lipinski definition) is 5. The molecule has 7 heteroatoms. The predicted octanol–water partition coefficient (Wildman–Crippen LogP) is 2.22. The van der Waals surface area contributed by atoms with Crippen molar-refractivity contribution in [2.45, 2.75) is 12.5 Å². The van der Waals surface area contributed by atoms with Crippen molar-refractivity contribution in [2.24, 2.45) is 0 Å². The molecular weight excluding hydrogens is 329 g/mol. The fraction of sp³-hybridized carbons (Fsp3) is 0.222. The maximum absolute atomic E-state index is 13.1. The molecular formula is C18H16FNO5. The third-order valence-electron chi connectivity index (χ3n) is 4.03. The number of hydrogen-bond donors (Lipinski definition) is 2. The molecule has 2 heterocycles. The molecule has 1 unspecified atom stereocenters. The minimum Gasteiger partial charge on any atom is -0.507 e. The van der Waals surface area contributed by atoms with Gasteiger partial charge in [-0.15, -0.1) is 0 Å². The maximum Gasteiger partial charge on any atom is 0.295 e. The second kappa shape index (κ2) is 6.90. The van der Waals surface area contributed by atoms with Crippen LogP contribution < -0.4 is 0 Å². The zero-order valence-corrected chi connectivity index (χ0v) is 13.2. The van der Waals surface area contributed by atoms with Gasteiger partial charge < -0.3 is 19.5 Å². The van der Waals surface area contributed by atoms with E-state index in [-0.39, 0.29) is 30.7 Å². The van der Waals surface area contributed by atoms with Crippen LogP contribution in [-0.2, 0) is 9.59 Å². The highest BCUT2D eigenvalue weighted by Gasteiger charge is 2.47. The molecule has 2 aromatic rings. The molecule has 1 atom stereocenters. The van der Waals surface area contributed by atoms with Gasteiger partial charge in [0, 0.05) is 18.7 Å². The third-order valence-corrected chi connectivity index (χ3v) is 4.03. The number of furan rings is 1. The van der Waals surface area contributed by atoms with Crippen molar-refractivity contribution in [2.75, 3.05) is 13.2 Å². The van der Waals surface area contributed by atoms with Crippen molar-refractivity contribution >= 4 is 17.4 Å². The average molecular weight is 345 g/mol. The highest BCUT2D eigenvalue weighted by molar-refractivity contribution is 6.46. The first-order valence-corrected chi connectivity index (χ1v) is 7.73. The standard InChI is InChI=1S/C18H16FNO5/c19-12-6-4-11(5-7-12)16(22)14-15(13-3-1-10-25-13)20(8-2-9-21)18(24)17(14)23/h1,3-7,10,15,21-22H,2,8-9H2/b16-14-. The van der Waals surface area contributed by atoms with Crippen LogP contribution >= 0.6 is 0 Å². The first-order valence-electron chi connectivity index (χ1n) is 7.73. The Morgan fingerprint density at radius 1 is 1.20 bits per heavy atom. The number of aliphatic hydroxyl groups excluding tert-OH is 2. The first kappa shape index (κ1) is 16.9. The lowest BCUT2D eigenvalue weighted by Gasteiger charge is -2.22. The van der Waals surface area contributed by atoms with Gasteiger partial charge in [0.25, 0.3) is 11.7 Å². The average Bonchev–Trinajstić information content (AvgIpc) is 3.21. The van der Waals surface area contributed by atoms with E-state index in [4.69, 9.17) is 9.52 Å². The van der Waals surface area contributed by atoms with Gasteiger partial charge in [0.15, 0.2) is 0 Å². The topological polar surface area (TPSA) is 91.0 Å². The van der Waals surface area contributed by atoms with Crippen LogP contribution in [0.1, 0.15) is 23.8 Å². The van der Waals surface area contributed by atoms with Crippen LogP contribution in [0.3, 0.4) is 0 Å². The van der Waals surface area contributed by atoms with Crippen molar-refractivity contribution in [3.05, 3.63) is 65.4 Å². The summed E-state index contributed by atoms with van der Waals surface area (Å²) in [4.78, 5) is 26.1. The summed E-state index contributed by atoms with van der Waals surface area (Å²) in [5.74, 6) is -2.19. The number of rotatable bonds is 5. The van der Waals surface area contributed by atoms with E-state index in [2.05, 4.69) is 0 Å². The van der Waals surface area contributed by atoms with Crippen molar-refractivity contribution < 1.29 is 28.6 Å². The van der Waals surface area contributed by atoms with Crippen molar-refractivity contribution in [1.82, 2.24) is 4.90 Å². The van der Waals surface area contributed by atoms with Crippen molar-refractivity contribution in [3.8, 4) is 0 Å². The SMILES string of the molecule is O=C1C(=O)N(CCCO)C(c2ccco2)/C1=C(/O)c1ccc(F)cc1. The summed E-state index contributed by atoms with van der Waals surface area (Å²) < 4.78 is 18.4. The lowest BCUT2D eigenvalue weighted by Crippen LogP contribution is -2.31. The molecule has 1 aromatic heterocycles. The fourth-order valence-electron chi connectivity index (χ4n) is 2.86. The highest BCUT2D eigenvalue weighted by atomic mass is 19.1. The Labute approximate surface area is 142 Å². The lowest BCUT2D eigenvalue weighted by atomic mass is 9.99. The normalized spacial score (nSPS) is 19.6. The number of likely N-dealkylation sites (tertiary alicyclic amines) is 1. The van der Waals surface area contributed by atoms with Gasteiger partial charge in [-0.3, -0.25) is 9.59 Å². The molecule has 3 rings (SSSR count). The molecule has 1 amide bonds. The number of halogens is 1. The van der Waals surface area contributed by atoms with Crippen LogP contribution in [-0.4, -0.2) is 40.0 Å². The van der Waals surface area contributed by atoms with Crippen LogP contribution in [0.5, 0.6) is 0 Å². The van der Waals surface area contributed by atoms with Gasteiger partial charge in [0.1, 0.15) is 23.4 Å². The van der Waals surface area contributed by atoms with E-state index in [0.29, 0.717) is 5.76 Å². The summed E-state index contributed by atoms with van der Waals surface area (Å²) in [7, 11) is 0. The molecule has 0 radical (unpaired) electrons. The molecule has 1 aliphatic heterocycles. The van der Waals surface area contributed by atoms with Crippen LogP contribution in [0, 0.1) is 5.82 Å². The molecule has 2 N–H and O–H groups in total. The Balaban J connectivity index is 2.11.